The van der Waals surface area contributed by atoms with Crippen LogP contribution < -0.4 is 5.32 Å². The third-order valence-corrected chi connectivity index (χ3v) is 5.95. The van der Waals surface area contributed by atoms with Crippen LogP contribution in [-0.4, -0.2) is 30.6 Å². The first kappa shape index (κ1) is 16.2. The maximum absolute atomic E-state index is 3.67. The molecule has 104 valence electrons. The average Bonchev–Trinajstić information content (AvgIpc) is 2.78. The van der Waals surface area contributed by atoms with Crippen molar-refractivity contribution in [3.05, 3.63) is 20.8 Å². The van der Waals surface area contributed by atoms with E-state index < -0.39 is 0 Å². The first-order valence-electron chi connectivity index (χ1n) is 6.70. The lowest BCUT2D eigenvalue weighted by molar-refractivity contribution is 0.0739. The molecule has 0 aliphatic carbocycles. The number of rotatable bonds is 7. The summed E-state index contributed by atoms with van der Waals surface area (Å²) in [7, 11) is 2.06. The molecule has 0 aromatic carbocycles. The summed E-state index contributed by atoms with van der Waals surface area (Å²) in [5.74, 6) is 0. The summed E-state index contributed by atoms with van der Waals surface area (Å²) < 4.78 is 1.22. The van der Waals surface area contributed by atoms with Gasteiger partial charge in [0.15, 0.2) is 0 Å². The molecule has 2 atom stereocenters. The van der Waals surface area contributed by atoms with Gasteiger partial charge in [-0.3, -0.25) is 4.90 Å². The molecule has 1 rings (SSSR count). The minimum atomic E-state index is 0.144. The molecule has 0 spiro atoms. The summed E-state index contributed by atoms with van der Waals surface area (Å²) in [5, 5.41) is 5.68. The van der Waals surface area contributed by atoms with Crippen molar-refractivity contribution in [2.75, 3.05) is 20.1 Å². The number of thiophene rings is 1. The smallest absolute Gasteiger partial charge is 0.0608 e. The number of hydrogen-bond acceptors (Lipinski definition) is 3. The van der Waals surface area contributed by atoms with E-state index in [9.17, 15) is 0 Å². The van der Waals surface area contributed by atoms with E-state index >= 15 is 0 Å². The predicted molar refractivity (Wildman–Crippen MR) is 85.4 cm³/mol. The molecule has 0 saturated heterocycles. The molecule has 0 saturated carbocycles. The fourth-order valence-electron chi connectivity index (χ4n) is 2.79. The van der Waals surface area contributed by atoms with E-state index in [0.29, 0.717) is 6.04 Å². The van der Waals surface area contributed by atoms with Gasteiger partial charge in [-0.1, -0.05) is 20.8 Å². The number of nitrogens with one attached hydrogen (secondary N) is 1. The Morgan fingerprint density at radius 3 is 2.33 bits per heavy atom. The molecule has 0 bridgehead atoms. The molecular weight excluding hydrogens is 308 g/mol. The van der Waals surface area contributed by atoms with Gasteiger partial charge in [0.2, 0.25) is 0 Å². The van der Waals surface area contributed by atoms with Crippen molar-refractivity contribution < 1.29 is 0 Å². The largest absolute Gasteiger partial charge is 0.311 e. The van der Waals surface area contributed by atoms with Crippen LogP contribution in [-0.2, 0) is 0 Å². The van der Waals surface area contributed by atoms with E-state index in [4.69, 9.17) is 0 Å². The first-order valence-corrected chi connectivity index (χ1v) is 8.37. The van der Waals surface area contributed by atoms with E-state index in [1.54, 1.807) is 0 Å². The predicted octanol–water partition coefficient (Wildman–Crippen LogP) is 4.28. The second kappa shape index (κ2) is 7.04. The van der Waals surface area contributed by atoms with Crippen LogP contribution in [0.4, 0.5) is 0 Å². The van der Waals surface area contributed by atoms with Crippen molar-refractivity contribution >= 4 is 27.3 Å². The quantitative estimate of drug-likeness (QED) is 0.801. The van der Waals surface area contributed by atoms with Crippen molar-refractivity contribution in [1.82, 2.24) is 10.2 Å². The fraction of sp³-hybridized carbons (Fsp3) is 0.714. The maximum atomic E-state index is 3.67. The SMILES string of the molecule is CCN(CC)C(C)(CC)C(NC)c1sccc1Br. The van der Waals surface area contributed by atoms with Crippen LogP contribution >= 0.6 is 27.3 Å². The summed E-state index contributed by atoms with van der Waals surface area (Å²) >= 11 is 5.50. The molecule has 0 radical (unpaired) electrons. The summed E-state index contributed by atoms with van der Waals surface area (Å²) in [6.07, 6.45) is 1.13. The lowest BCUT2D eigenvalue weighted by Crippen LogP contribution is -2.53. The zero-order valence-corrected chi connectivity index (χ0v) is 14.5. The monoisotopic (exact) mass is 332 g/mol. The Hall–Kier alpha value is 0.100. The molecule has 1 N–H and O–H groups in total. The Morgan fingerprint density at radius 1 is 1.39 bits per heavy atom. The van der Waals surface area contributed by atoms with Gasteiger partial charge in [0, 0.05) is 14.9 Å². The van der Waals surface area contributed by atoms with E-state index in [0.717, 1.165) is 19.5 Å². The molecule has 0 aliphatic heterocycles. The molecular formula is C14H25BrN2S. The Kier molecular flexibility index (Phi) is 6.31. The summed E-state index contributed by atoms with van der Waals surface area (Å²) in [5.41, 5.74) is 0.144. The Bertz CT molecular complexity index is 362. The zero-order chi connectivity index (χ0) is 13.8. The normalized spacial score (nSPS) is 16.8. The van der Waals surface area contributed by atoms with Gasteiger partial charge in [0.1, 0.15) is 0 Å². The van der Waals surface area contributed by atoms with Gasteiger partial charge in [-0.05, 0) is 60.9 Å². The zero-order valence-electron chi connectivity index (χ0n) is 12.1. The van der Waals surface area contributed by atoms with Crippen LogP contribution in [0.25, 0.3) is 0 Å². The van der Waals surface area contributed by atoms with Crippen LogP contribution in [0.3, 0.4) is 0 Å². The van der Waals surface area contributed by atoms with E-state index in [2.05, 4.69) is 72.3 Å². The lowest BCUT2D eigenvalue weighted by atomic mass is 9.86. The van der Waals surface area contributed by atoms with E-state index in [-0.39, 0.29) is 5.54 Å². The second-order valence-electron chi connectivity index (χ2n) is 4.74. The molecule has 0 aliphatic rings. The summed E-state index contributed by atoms with van der Waals surface area (Å²) in [4.78, 5) is 3.95. The average molecular weight is 333 g/mol. The Labute approximate surface area is 124 Å². The lowest BCUT2D eigenvalue weighted by Gasteiger charge is -2.45. The van der Waals surface area contributed by atoms with Crippen molar-refractivity contribution in [1.29, 1.82) is 0 Å². The highest BCUT2D eigenvalue weighted by Crippen LogP contribution is 2.39. The summed E-state index contributed by atoms with van der Waals surface area (Å²) in [6.45, 7) is 11.3. The topological polar surface area (TPSA) is 15.3 Å². The van der Waals surface area contributed by atoms with Crippen LogP contribution in [0.5, 0.6) is 0 Å². The molecule has 2 unspecified atom stereocenters. The molecule has 1 aromatic heterocycles. The number of halogens is 1. The van der Waals surface area contributed by atoms with Crippen molar-refractivity contribution in [3.8, 4) is 0 Å². The standard InChI is InChI=1S/C14H25BrN2S/c1-6-14(4,17(7-2)8-3)13(16-5)12-11(15)9-10-18-12/h9-10,13,16H,6-8H2,1-5H3. The highest BCUT2D eigenvalue weighted by atomic mass is 79.9. The van der Waals surface area contributed by atoms with Gasteiger partial charge >= 0.3 is 0 Å². The molecule has 4 heteroatoms. The van der Waals surface area contributed by atoms with E-state index in [1.807, 2.05) is 11.3 Å². The third-order valence-electron chi connectivity index (χ3n) is 4.02. The van der Waals surface area contributed by atoms with E-state index in [1.165, 1.54) is 9.35 Å². The van der Waals surface area contributed by atoms with Crippen molar-refractivity contribution in [2.45, 2.75) is 45.7 Å². The van der Waals surface area contributed by atoms with Gasteiger partial charge < -0.3 is 5.32 Å². The summed E-state index contributed by atoms with van der Waals surface area (Å²) in [6, 6.07) is 2.50. The first-order chi connectivity index (χ1) is 8.54. The molecule has 0 amide bonds. The molecule has 1 heterocycles. The van der Waals surface area contributed by atoms with Crippen LogP contribution in [0.1, 0.15) is 45.0 Å². The van der Waals surface area contributed by atoms with Gasteiger partial charge in [0.25, 0.3) is 0 Å². The second-order valence-corrected chi connectivity index (χ2v) is 6.54. The van der Waals surface area contributed by atoms with Crippen molar-refractivity contribution in [2.24, 2.45) is 0 Å². The van der Waals surface area contributed by atoms with Crippen LogP contribution in [0.15, 0.2) is 15.9 Å². The van der Waals surface area contributed by atoms with Gasteiger partial charge in [-0.25, -0.2) is 0 Å². The molecule has 0 fully saturated rings. The third kappa shape index (κ3) is 2.98. The number of likely N-dealkylation sites (N-methyl/N-ethyl adjacent to an activating group) is 2. The minimum Gasteiger partial charge on any atom is -0.311 e. The van der Waals surface area contributed by atoms with Crippen LogP contribution in [0.2, 0.25) is 0 Å². The number of nitrogens with zero attached hydrogens (tertiary/aromatic N) is 1. The number of hydrogen-bond donors (Lipinski definition) is 1. The highest BCUT2D eigenvalue weighted by molar-refractivity contribution is 9.10. The van der Waals surface area contributed by atoms with Crippen LogP contribution in [0, 0.1) is 0 Å². The maximum Gasteiger partial charge on any atom is 0.0608 e. The molecule has 1 aromatic rings. The van der Waals surface area contributed by atoms with Gasteiger partial charge in [-0.2, -0.15) is 0 Å². The highest BCUT2D eigenvalue weighted by Gasteiger charge is 2.38. The van der Waals surface area contributed by atoms with Gasteiger partial charge in [0.05, 0.1) is 6.04 Å². The Morgan fingerprint density at radius 2 is 2.00 bits per heavy atom. The Balaban J connectivity index is 3.14. The molecule has 2 nitrogen and oxygen atoms in total. The minimum absolute atomic E-state index is 0.144. The molecule has 18 heavy (non-hydrogen) atoms. The fourth-order valence-corrected chi connectivity index (χ4v) is 4.65. The van der Waals surface area contributed by atoms with Gasteiger partial charge in [-0.15, -0.1) is 11.3 Å². The van der Waals surface area contributed by atoms with Crippen molar-refractivity contribution in [3.63, 3.8) is 0 Å².